The molecule has 0 spiro atoms. The maximum Gasteiger partial charge on any atom is 0.241 e. The molecule has 1 saturated carbocycles. The Bertz CT molecular complexity index is 672. The highest BCUT2D eigenvalue weighted by atomic mass is 32.2. The Hall–Kier alpha value is -1.40. The second-order valence-corrected chi connectivity index (χ2v) is 9.01. The Balaban J connectivity index is 1.86. The van der Waals surface area contributed by atoms with Gasteiger partial charge < -0.3 is 10.6 Å². The predicted octanol–water partition coefficient (Wildman–Crippen LogP) is 1.42. The summed E-state index contributed by atoms with van der Waals surface area (Å²) < 4.78 is 25.0. The molecule has 0 bridgehead atoms. The zero-order valence-corrected chi connectivity index (χ0v) is 14.3. The van der Waals surface area contributed by atoms with Crippen LogP contribution in [0.3, 0.4) is 0 Å². The van der Waals surface area contributed by atoms with E-state index in [1.807, 2.05) is 6.92 Å². The minimum Gasteiger partial charge on any atom is -0.354 e. The second kappa shape index (κ2) is 6.24. The van der Waals surface area contributed by atoms with Gasteiger partial charge in [-0.1, -0.05) is 30.5 Å². The molecule has 1 aliphatic carbocycles. The number of hydrogen-bond acceptors (Lipinski definition) is 4. The monoisotopic (exact) mass is 336 g/mol. The maximum atomic E-state index is 13.2. The largest absolute Gasteiger partial charge is 0.354 e. The van der Waals surface area contributed by atoms with Crippen LogP contribution in [0.25, 0.3) is 0 Å². The third-order valence-electron chi connectivity index (χ3n) is 5.09. The molecule has 6 heteroatoms. The van der Waals surface area contributed by atoms with Crippen molar-refractivity contribution in [2.45, 2.75) is 42.2 Å². The highest BCUT2D eigenvalue weighted by Gasteiger charge is 2.52. The van der Waals surface area contributed by atoms with Gasteiger partial charge in [-0.05, 0) is 31.9 Å². The molecule has 23 heavy (non-hydrogen) atoms. The molecule has 0 unspecified atom stereocenters. The summed E-state index contributed by atoms with van der Waals surface area (Å²) in [6.45, 7) is 4.24. The van der Waals surface area contributed by atoms with Crippen LogP contribution >= 0.6 is 0 Å². The highest BCUT2D eigenvalue weighted by molar-refractivity contribution is 7.93. The van der Waals surface area contributed by atoms with Crippen molar-refractivity contribution in [3.8, 4) is 0 Å². The molecule has 5 nitrogen and oxygen atoms in total. The lowest BCUT2D eigenvalue weighted by atomic mass is 10.0. The van der Waals surface area contributed by atoms with Gasteiger partial charge in [0.25, 0.3) is 0 Å². The zero-order chi connectivity index (χ0) is 16.5. The lowest BCUT2D eigenvalue weighted by Crippen LogP contribution is -2.54. The maximum absolute atomic E-state index is 13.2. The molecule has 1 aromatic rings. The fourth-order valence-corrected chi connectivity index (χ4v) is 5.49. The first-order valence-electron chi connectivity index (χ1n) is 8.26. The van der Waals surface area contributed by atoms with Crippen molar-refractivity contribution in [3.05, 3.63) is 29.8 Å². The molecular formula is C17H24N2O3S. The lowest BCUT2D eigenvalue weighted by Gasteiger charge is -2.31. The molecule has 1 amide bonds. The van der Waals surface area contributed by atoms with E-state index in [9.17, 15) is 13.2 Å². The Morgan fingerprint density at radius 3 is 2.35 bits per heavy atom. The third kappa shape index (κ3) is 2.90. The highest BCUT2D eigenvalue weighted by Crippen LogP contribution is 2.40. The van der Waals surface area contributed by atoms with E-state index in [0.717, 1.165) is 31.5 Å². The summed E-state index contributed by atoms with van der Waals surface area (Å²) in [5, 5.41) is 6.05. The van der Waals surface area contributed by atoms with Crippen molar-refractivity contribution in [2.24, 2.45) is 5.92 Å². The van der Waals surface area contributed by atoms with Crippen molar-refractivity contribution < 1.29 is 13.2 Å². The first-order chi connectivity index (χ1) is 11.0. The average Bonchev–Trinajstić information content (AvgIpc) is 2.97. The molecule has 2 aliphatic rings. The molecule has 3 rings (SSSR count). The Morgan fingerprint density at radius 1 is 1.22 bits per heavy atom. The molecule has 1 heterocycles. The topological polar surface area (TPSA) is 75.3 Å². The predicted molar refractivity (Wildman–Crippen MR) is 88.9 cm³/mol. The van der Waals surface area contributed by atoms with Crippen molar-refractivity contribution >= 4 is 15.7 Å². The molecule has 1 saturated heterocycles. The summed E-state index contributed by atoms with van der Waals surface area (Å²) in [5.41, 5.74) is 1.01. The third-order valence-corrected chi connectivity index (χ3v) is 7.60. The number of carbonyl (C=O) groups is 1. The summed E-state index contributed by atoms with van der Waals surface area (Å²) >= 11 is 0. The Morgan fingerprint density at radius 2 is 1.83 bits per heavy atom. The molecular weight excluding hydrogens is 312 g/mol. The van der Waals surface area contributed by atoms with E-state index < -0.39 is 14.6 Å². The summed E-state index contributed by atoms with van der Waals surface area (Å²) in [4.78, 5) is 13.0. The van der Waals surface area contributed by atoms with Crippen molar-refractivity contribution in [1.82, 2.24) is 10.6 Å². The molecule has 0 radical (unpaired) electrons. The molecule has 0 aromatic heterocycles. The van der Waals surface area contributed by atoms with Crippen LogP contribution in [0.5, 0.6) is 0 Å². The minimum atomic E-state index is -3.68. The van der Waals surface area contributed by atoms with Crippen molar-refractivity contribution in [3.63, 3.8) is 0 Å². The van der Waals surface area contributed by atoms with E-state index in [0.29, 0.717) is 25.3 Å². The average molecular weight is 336 g/mol. The molecule has 126 valence electrons. The van der Waals surface area contributed by atoms with Gasteiger partial charge in [0.1, 0.15) is 0 Å². The van der Waals surface area contributed by atoms with Crippen molar-refractivity contribution in [2.75, 3.05) is 19.6 Å². The fourth-order valence-electron chi connectivity index (χ4n) is 3.40. The summed E-state index contributed by atoms with van der Waals surface area (Å²) in [6, 6.07) is 6.81. The van der Waals surface area contributed by atoms with E-state index in [2.05, 4.69) is 10.6 Å². The van der Waals surface area contributed by atoms with Crippen LogP contribution in [0.15, 0.2) is 29.2 Å². The van der Waals surface area contributed by atoms with Gasteiger partial charge >= 0.3 is 0 Å². The number of nitrogens with one attached hydrogen (secondary N) is 2. The SMILES string of the molecule is Cc1ccc(S(=O)(=O)C2(C(=O)NCC3CNC3)CCCC2)cc1. The first-order valence-corrected chi connectivity index (χ1v) is 9.74. The van der Waals surface area contributed by atoms with Gasteiger partial charge in [0.05, 0.1) is 4.90 Å². The van der Waals surface area contributed by atoms with Gasteiger partial charge in [-0.15, -0.1) is 0 Å². The van der Waals surface area contributed by atoms with Gasteiger partial charge in [-0.2, -0.15) is 0 Å². The summed E-state index contributed by atoms with van der Waals surface area (Å²) in [5.74, 6) is 0.0990. The number of rotatable bonds is 5. The standard InChI is InChI=1S/C17H24N2O3S/c1-13-4-6-15(7-5-13)23(21,22)17(8-2-3-9-17)16(20)19-12-14-10-18-11-14/h4-7,14,18H,2-3,8-12H2,1H3,(H,19,20). The Labute approximate surface area is 137 Å². The van der Waals surface area contributed by atoms with Gasteiger partial charge in [-0.25, -0.2) is 8.42 Å². The number of aryl methyl sites for hydroxylation is 1. The molecule has 1 aromatic carbocycles. The lowest BCUT2D eigenvalue weighted by molar-refractivity contribution is -0.123. The van der Waals surface area contributed by atoms with E-state index in [1.54, 1.807) is 24.3 Å². The van der Waals surface area contributed by atoms with Crippen molar-refractivity contribution in [1.29, 1.82) is 0 Å². The van der Waals surface area contributed by atoms with Crippen LogP contribution in [0.1, 0.15) is 31.2 Å². The minimum absolute atomic E-state index is 0.255. The van der Waals surface area contributed by atoms with Gasteiger partial charge in [0, 0.05) is 25.6 Å². The normalized spacial score (nSPS) is 20.9. The Kier molecular flexibility index (Phi) is 4.47. The van der Waals surface area contributed by atoms with Crippen LogP contribution in [-0.4, -0.2) is 38.7 Å². The van der Waals surface area contributed by atoms with Crippen LogP contribution in [0.2, 0.25) is 0 Å². The number of carbonyl (C=O) groups excluding carboxylic acids is 1. The van der Waals surface area contributed by atoms with E-state index in [4.69, 9.17) is 0 Å². The molecule has 0 atom stereocenters. The number of hydrogen-bond donors (Lipinski definition) is 2. The second-order valence-electron chi connectivity index (χ2n) is 6.75. The van der Waals surface area contributed by atoms with Gasteiger partial charge in [0.2, 0.25) is 5.91 Å². The van der Waals surface area contributed by atoms with Crippen LogP contribution in [0, 0.1) is 12.8 Å². The van der Waals surface area contributed by atoms with Crippen LogP contribution in [0.4, 0.5) is 0 Å². The van der Waals surface area contributed by atoms with Crippen LogP contribution in [-0.2, 0) is 14.6 Å². The van der Waals surface area contributed by atoms with Gasteiger partial charge in [-0.3, -0.25) is 4.79 Å². The van der Waals surface area contributed by atoms with Crippen LogP contribution < -0.4 is 10.6 Å². The number of amides is 1. The quantitative estimate of drug-likeness (QED) is 0.853. The van der Waals surface area contributed by atoms with E-state index in [1.165, 1.54) is 0 Å². The summed E-state index contributed by atoms with van der Waals surface area (Å²) in [7, 11) is -3.68. The fraction of sp³-hybridized carbons (Fsp3) is 0.588. The summed E-state index contributed by atoms with van der Waals surface area (Å²) in [6.07, 6.45) is 2.39. The molecule has 1 aliphatic heterocycles. The van der Waals surface area contributed by atoms with E-state index >= 15 is 0 Å². The number of benzene rings is 1. The molecule has 2 N–H and O–H groups in total. The zero-order valence-electron chi connectivity index (χ0n) is 13.5. The van der Waals surface area contributed by atoms with E-state index in [-0.39, 0.29) is 10.8 Å². The smallest absolute Gasteiger partial charge is 0.241 e. The first kappa shape index (κ1) is 16.5. The molecule has 2 fully saturated rings. The number of sulfone groups is 1. The van der Waals surface area contributed by atoms with Gasteiger partial charge in [0.15, 0.2) is 14.6 Å².